The normalized spacial score (nSPS) is 15.8. The quantitative estimate of drug-likeness (QED) is 0.604. The number of rotatable bonds is 6. The summed E-state index contributed by atoms with van der Waals surface area (Å²) < 4.78 is 22.8. The Morgan fingerprint density at radius 3 is 2.71 bits per heavy atom. The van der Waals surface area contributed by atoms with Gasteiger partial charge in [-0.2, -0.15) is 0 Å². The number of furan rings is 1. The standard InChI is InChI=1S/C22H23NO5/c1-3-25-22(24)21-17(16-8-4-5-9-18(16)28-21)13-23(2)12-15-14-26-19-10-6-7-11-20(19)27-15/h4-11,15H,3,12-14H2,1-2H3/t15-/m0/s1. The molecule has 0 spiro atoms. The second kappa shape index (κ2) is 7.94. The van der Waals surface area contributed by atoms with Crippen molar-refractivity contribution >= 4 is 16.9 Å². The average molecular weight is 381 g/mol. The molecular weight excluding hydrogens is 358 g/mol. The van der Waals surface area contributed by atoms with Crippen LogP contribution in [-0.2, 0) is 11.3 Å². The van der Waals surface area contributed by atoms with Crippen molar-refractivity contribution in [1.29, 1.82) is 0 Å². The summed E-state index contributed by atoms with van der Waals surface area (Å²) in [6.07, 6.45) is -0.0934. The van der Waals surface area contributed by atoms with Crippen molar-refractivity contribution in [2.24, 2.45) is 0 Å². The zero-order valence-corrected chi connectivity index (χ0v) is 16.0. The summed E-state index contributed by atoms with van der Waals surface area (Å²) in [5, 5.41) is 0.920. The van der Waals surface area contributed by atoms with E-state index in [1.165, 1.54) is 0 Å². The molecule has 2 heterocycles. The van der Waals surface area contributed by atoms with Gasteiger partial charge in [-0.3, -0.25) is 4.90 Å². The van der Waals surface area contributed by atoms with Crippen molar-refractivity contribution < 1.29 is 23.4 Å². The van der Waals surface area contributed by atoms with Crippen molar-refractivity contribution in [3.05, 3.63) is 59.9 Å². The molecule has 0 fully saturated rings. The third kappa shape index (κ3) is 3.68. The van der Waals surface area contributed by atoms with Gasteiger partial charge in [0.05, 0.1) is 6.61 Å². The zero-order chi connectivity index (χ0) is 19.5. The molecule has 6 heteroatoms. The Hall–Kier alpha value is -2.99. The van der Waals surface area contributed by atoms with E-state index in [1.54, 1.807) is 6.92 Å². The topological polar surface area (TPSA) is 61.1 Å². The highest BCUT2D eigenvalue weighted by molar-refractivity contribution is 5.96. The van der Waals surface area contributed by atoms with Gasteiger partial charge in [0.1, 0.15) is 18.3 Å². The van der Waals surface area contributed by atoms with Gasteiger partial charge in [0.2, 0.25) is 5.76 Å². The third-order valence-corrected chi connectivity index (χ3v) is 4.67. The number of esters is 1. The molecule has 0 radical (unpaired) electrons. The fourth-order valence-corrected chi connectivity index (χ4v) is 3.45. The molecule has 0 unspecified atom stereocenters. The van der Waals surface area contributed by atoms with Gasteiger partial charge in [-0.05, 0) is 32.2 Å². The molecule has 0 saturated heterocycles. The Morgan fingerprint density at radius 2 is 1.89 bits per heavy atom. The summed E-state index contributed by atoms with van der Waals surface area (Å²) in [5.74, 6) is 1.36. The number of nitrogens with zero attached hydrogens (tertiary/aromatic N) is 1. The highest BCUT2D eigenvalue weighted by atomic mass is 16.6. The van der Waals surface area contributed by atoms with Gasteiger partial charge in [0.25, 0.3) is 0 Å². The molecular formula is C22H23NO5. The second-order valence-corrected chi connectivity index (χ2v) is 6.82. The van der Waals surface area contributed by atoms with Gasteiger partial charge >= 0.3 is 5.97 Å². The average Bonchev–Trinajstić information content (AvgIpc) is 3.06. The summed E-state index contributed by atoms with van der Waals surface area (Å²) in [7, 11) is 1.99. The Labute approximate surface area is 163 Å². The maximum atomic E-state index is 12.4. The van der Waals surface area contributed by atoms with Crippen LogP contribution < -0.4 is 9.47 Å². The van der Waals surface area contributed by atoms with Crippen LogP contribution in [0.5, 0.6) is 11.5 Å². The number of likely N-dealkylation sites (N-methyl/N-ethyl adjacent to an activating group) is 1. The molecule has 28 heavy (non-hydrogen) atoms. The van der Waals surface area contributed by atoms with Crippen molar-refractivity contribution in [2.75, 3.05) is 26.8 Å². The van der Waals surface area contributed by atoms with Gasteiger partial charge in [-0.15, -0.1) is 0 Å². The van der Waals surface area contributed by atoms with Gasteiger partial charge < -0.3 is 18.6 Å². The Bertz CT molecular complexity index is 980. The molecule has 2 aromatic carbocycles. The van der Waals surface area contributed by atoms with Crippen LogP contribution in [0, 0.1) is 0 Å². The first-order valence-corrected chi connectivity index (χ1v) is 9.40. The van der Waals surface area contributed by atoms with Gasteiger partial charge in [-0.25, -0.2) is 4.79 Å². The van der Waals surface area contributed by atoms with Crippen molar-refractivity contribution in [2.45, 2.75) is 19.6 Å². The molecule has 1 aliphatic rings. The zero-order valence-electron chi connectivity index (χ0n) is 16.0. The molecule has 1 aromatic heterocycles. The predicted molar refractivity (Wildman–Crippen MR) is 105 cm³/mol. The van der Waals surface area contributed by atoms with Crippen LogP contribution in [-0.4, -0.2) is 43.8 Å². The van der Waals surface area contributed by atoms with Crippen LogP contribution in [0.25, 0.3) is 11.0 Å². The Kier molecular flexibility index (Phi) is 5.21. The van der Waals surface area contributed by atoms with Crippen LogP contribution in [0.1, 0.15) is 23.0 Å². The first-order valence-electron chi connectivity index (χ1n) is 9.40. The largest absolute Gasteiger partial charge is 0.486 e. The monoisotopic (exact) mass is 381 g/mol. The molecule has 146 valence electrons. The first kappa shape index (κ1) is 18.4. The van der Waals surface area contributed by atoms with E-state index in [-0.39, 0.29) is 11.9 Å². The molecule has 1 aliphatic heterocycles. The lowest BCUT2D eigenvalue weighted by molar-refractivity contribution is 0.0486. The van der Waals surface area contributed by atoms with E-state index in [0.29, 0.717) is 31.9 Å². The van der Waals surface area contributed by atoms with Crippen LogP contribution in [0.3, 0.4) is 0 Å². The Morgan fingerprint density at radius 1 is 1.14 bits per heavy atom. The van der Waals surface area contributed by atoms with Crippen molar-refractivity contribution in [3.63, 3.8) is 0 Å². The van der Waals surface area contributed by atoms with E-state index in [0.717, 1.165) is 22.4 Å². The number of carbonyl (C=O) groups excluding carboxylic acids is 1. The number of carbonyl (C=O) groups is 1. The predicted octanol–water partition coefficient (Wildman–Crippen LogP) is 3.88. The molecule has 0 amide bonds. The SMILES string of the molecule is CCOC(=O)c1oc2ccccc2c1CN(C)C[C@H]1COc2ccccc2O1. The van der Waals surface area contributed by atoms with Gasteiger partial charge in [0.15, 0.2) is 11.5 Å². The van der Waals surface area contributed by atoms with Crippen LogP contribution in [0.15, 0.2) is 52.9 Å². The number of hydrogen-bond donors (Lipinski definition) is 0. The van der Waals surface area contributed by atoms with E-state index in [9.17, 15) is 4.79 Å². The van der Waals surface area contributed by atoms with Gasteiger partial charge in [-0.1, -0.05) is 30.3 Å². The van der Waals surface area contributed by atoms with E-state index in [4.69, 9.17) is 18.6 Å². The maximum absolute atomic E-state index is 12.4. The highest BCUT2D eigenvalue weighted by Gasteiger charge is 2.25. The van der Waals surface area contributed by atoms with Crippen molar-refractivity contribution in [3.8, 4) is 11.5 Å². The molecule has 0 aliphatic carbocycles. The van der Waals surface area contributed by atoms with Crippen molar-refractivity contribution in [1.82, 2.24) is 4.90 Å². The number of fused-ring (bicyclic) bond motifs is 2. The summed E-state index contributed by atoms with van der Waals surface area (Å²) in [6, 6.07) is 15.3. The molecule has 1 atom stereocenters. The minimum atomic E-state index is -0.437. The van der Waals surface area contributed by atoms with E-state index >= 15 is 0 Å². The Balaban J connectivity index is 1.51. The fourth-order valence-electron chi connectivity index (χ4n) is 3.45. The molecule has 0 saturated carbocycles. The lowest BCUT2D eigenvalue weighted by atomic mass is 10.1. The first-order chi connectivity index (χ1) is 13.7. The summed E-state index contributed by atoms with van der Waals surface area (Å²) in [4.78, 5) is 14.5. The molecule has 3 aromatic rings. The number of para-hydroxylation sites is 3. The van der Waals surface area contributed by atoms with Gasteiger partial charge in [0, 0.05) is 24.0 Å². The van der Waals surface area contributed by atoms with E-state index < -0.39 is 5.97 Å². The minimum absolute atomic E-state index is 0.0934. The second-order valence-electron chi connectivity index (χ2n) is 6.82. The van der Waals surface area contributed by atoms with Crippen LogP contribution in [0.2, 0.25) is 0 Å². The number of hydrogen-bond acceptors (Lipinski definition) is 6. The maximum Gasteiger partial charge on any atom is 0.374 e. The van der Waals surface area contributed by atoms with E-state index in [1.807, 2.05) is 55.6 Å². The molecule has 4 rings (SSSR count). The summed E-state index contributed by atoms with van der Waals surface area (Å²) >= 11 is 0. The minimum Gasteiger partial charge on any atom is -0.486 e. The third-order valence-electron chi connectivity index (χ3n) is 4.67. The lowest BCUT2D eigenvalue weighted by Crippen LogP contribution is -2.39. The fraction of sp³-hybridized carbons (Fsp3) is 0.318. The van der Waals surface area contributed by atoms with Crippen LogP contribution in [0.4, 0.5) is 0 Å². The summed E-state index contributed by atoms with van der Waals surface area (Å²) in [6.45, 7) is 3.75. The lowest BCUT2D eigenvalue weighted by Gasteiger charge is -2.29. The smallest absolute Gasteiger partial charge is 0.374 e. The summed E-state index contributed by atoms with van der Waals surface area (Å²) in [5.41, 5.74) is 1.51. The number of benzene rings is 2. The molecule has 6 nitrogen and oxygen atoms in total. The van der Waals surface area contributed by atoms with Crippen LogP contribution >= 0.6 is 0 Å². The highest BCUT2D eigenvalue weighted by Crippen LogP contribution is 2.32. The molecule has 0 N–H and O–H groups in total. The van der Waals surface area contributed by atoms with E-state index in [2.05, 4.69) is 4.90 Å². The number of ether oxygens (including phenoxy) is 3. The molecule has 0 bridgehead atoms.